The highest BCUT2D eigenvalue weighted by molar-refractivity contribution is 6.05. The van der Waals surface area contributed by atoms with E-state index in [9.17, 15) is 4.79 Å². The molecule has 0 unspecified atom stereocenters. The van der Waals surface area contributed by atoms with Gasteiger partial charge in [-0.05, 0) is 29.8 Å². The van der Waals surface area contributed by atoms with Crippen LogP contribution >= 0.6 is 0 Å². The second-order valence-corrected chi connectivity index (χ2v) is 6.68. The Morgan fingerprint density at radius 2 is 1.79 bits per heavy atom. The summed E-state index contributed by atoms with van der Waals surface area (Å²) in [6.45, 7) is 0. The van der Waals surface area contributed by atoms with E-state index in [2.05, 4.69) is 20.3 Å². The third kappa shape index (κ3) is 3.43. The van der Waals surface area contributed by atoms with Crippen LogP contribution in [0.1, 0.15) is 5.56 Å². The number of hydrogen-bond donors (Lipinski definition) is 1. The van der Waals surface area contributed by atoms with Gasteiger partial charge in [0.15, 0.2) is 0 Å². The van der Waals surface area contributed by atoms with Gasteiger partial charge in [0.05, 0.1) is 18.3 Å². The number of aromatic nitrogens is 3. The topological polar surface area (TPSA) is 80.9 Å². The van der Waals surface area contributed by atoms with E-state index >= 15 is 0 Å². The molecular weight excluding hydrogens is 364 g/mol. The number of carbonyl (C=O) groups excluding carboxylic acids is 1. The van der Waals surface area contributed by atoms with Crippen molar-refractivity contribution in [2.75, 3.05) is 5.32 Å². The van der Waals surface area contributed by atoms with Crippen LogP contribution in [0.4, 0.5) is 5.82 Å². The highest BCUT2D eigenvalue weighted by atomic mass is 16.3. The number of para-hydroxylation sites is 1. The smallest absolute Gasteiger partial charge is 0.229 e. The molecule has 0 aliphatic heterocycles. The van der Waals surface area contributed by atoms with Gasteiger partial charge in [-0.3, -0.25) is 14.8 Å². The molecule has 5 rings (SSSR count). The molecule has 3 aromatic heterocycles. The minimum atomic E-state index is -0.139. The number of hydrogen-bond acceptors (Lipinski definition) is 5. The number of anilines is 1. The van der Waals surface area contributed by atoms with Gasteiger partial charge in [-0.15, -0.1) is 0 Å². The van der Waals surface area contributed by atoms with Crippen LogP contribution in [0.25, 0.3) is 33.2 Å². The van der Waals surface area contributed by atoms with Gasteiger partial charge in [0.25, 0.3) is 0 Å². The van der Waals surface area contributed by atoms with Crippen molar-refractivity contribution in [3.05, 3.63) is 84.9 Å². The molecule has 2 aromatic carbocycles. The molecule has 140 valence electrons. The Labute approximate surface area is 166 Å². The van der Waals surface area contributed by atoms with Crippen LogP contribution in [-0.2, 0) is 11.2 Å². The van der Waals surface area contributed by atoms with Crippen LogP contribution < -0.4 is 5.32 Å². The Morgan fingerprint density at radius 3 is 2.62 bits per heavy atom. The second-order valence-electron chi connectivity index (χ2n) is 6.68. The van der Waals surface area contributed by atoms with Crippen molar-refractivity contribution in [3.63, 3.8) is 0 Å². The molecule has 1 N–H and O–H groups in total. The highest BCUT2D eigenvalue weighted by Gasteiger charge is 2.10. The summed E-state index contributed by atoms with van der Waals surface area (Å²) in [5.41, 5.74) is 4.08. The summed E-state index contributed by atoms with van der Waals surface area (Å²) in [6, 6.07) is 17.4. The predicted octanol–water partition coefficient (Wildman–Crippen LogP) is 4.62. The van der Waals surface area contributed by atoms with Crippen LogP contribution in [0.2, 0.25) is 0 Å². The molecule has 0 bridgehead atoms. The molecule has 6 nitrogen and oxygen atoms in total. The SMILES string of the molecule is O=C(Cc1ccc2c(c1)oc1ccccc12)Nc1ccc(-c2cnccn2)cn1. The second kappa shape index (κ2) is 7.16. The molecule has 6 heteroatoms. The van der Waals surface area contributed by atoms with Crippen molar-refractivity contribution in [2.45, 2.75) is 6.42 Å². The lowest BCUT2D eigenvalue weighted by Gasteiger charge is -2.06. The first-order chi connectivity index (χ1) is 14.3. The molecule has 1 amide bonds. The fourth-order valence-corrected chi connectivity index (χ4v) is 3.32. The van der Waals surface area contributed by atoms with Crippen molar-refractivity contribution in [1.29, 1.82) is 0 Å². The zero-order valence-electron chi connectivity index (χ0n) is 15.4. The van der Waals surface area contributed by atoms with Crippen LogP contribution in [0.15, 0.2) is 83.8 Å². The maximum atomic E-state index is 12.4. The Bertz CT molecular complexity index is 1310. The molecule has 0 aliphatic rings. The molecule has 0 saturated carbocycles. The predicted molar refractivity (Wildman–Crippen MR) is 111 cm³/mol. The van der Waals surface area contributed by atoms with E-state index in [0.29, 0.717) is 5.82 Å². The van der Waals surface area contributed by atoms with E-state index in [-0.39, 0.29) is 12.3 Å². The van der Waals surface area contributed by atoms with Gasteiger partial charge in [-0.1, -0.05) is 30.3 Å². The number of nitrogens with zero attached hydrogens (tertiary/aromatic N) is 3. The fraction of sp³-hybridized carbons (Fsp3) is 0.0435. The van der Waals surface area contributed by atoms with Crippen LogP contribution in [0, 0.1) is 0 Å². The van der Waals surface area contributed by atoms with Crippen molar-refractivity contribution in [3.8, 4) is 11.3 Å². The third-order valence-corrected chi connectivity index (χ3v) is 4.70. The lowest BCUT2D eigenvalue weighted by atomic mass is 10.1. The summed E-state index contributed by atoms with van der Waals surface area (Å²) in [5, 5.41) is 4.95. The van der Waals surface area contributed by atoms with E-state index < -0.39 is 0 Å². The summed E-state index contributed by atoms with van der Waals surface area (Å²) in [4.78, 5) is 25.0. The maximum absolute atomic E-state index is 12.4. The van der Waals surface area contributed by atoms with Crippen LogP contribution in [0.3, 0.4) is 0 Å². The standard InChI is InChI=1S/C23H16N4O2/c28-23(27-22-8-6-16(13-26-22)19-14-24-9-10-25-19)12-15-5-7-18-17-3-1-2-4-20(17)29-21(18)11-15/h1-11,13-14H,12H2,(H,26,27,28). The molecule has 5 aromatic rings. The van der Waals surface area contributed by atoms with Crippen molar-refractivity contribution >= 4 is 33.7 Å². The monoisotopic (exact) mass is 380 g/mol. The molecule has 0 radical (unpaired) electrons. The largest absolute Gasteiger partial charge is 0.456 e. The molecule has 0 atom stereocenters. The molecular formula is C23H16N4O2. The van der Waals surface area contributed by atoms with E-state index in [1.54, 1.807) is 30.9 Å². The summed E-state index contributed by atoms with van der Waals surface area (Å²) in [6.07, 6.45) is 6.82. The maximum Gasteiger partial charge on any atom is 0.229 e. The summed E-state index contributed by atoms with van der Waals surface area (Å²) < 4.78 is 5.89. The number of furan rings is 1. The zero-order valence-corrected chi connectivity index (χ0v) is 15.4. The first-order valence-electron chi connectivity index (χ1n) is 9.19. The van der Waals surface area contributed by atoms with E-state index in [1.165, 1.54) is 0 Å². The number of amides is 1. The Balaban J connectivity index is 1.31. The average Bonchev–Trinajstić information content (AvgIpc) is 3.12. The van der Waals surface area contributed by atoms with Crippen molar-refractivity contribution in [2.24, 2.45) is 0 Å². The number of benzene rings is 2. The summed E-state index contributed by atoms with van der Waals surface area (Å²) in [7, 11) is 0. The third-order valence-electron chi connectivity index (χ3n) is 4.70. The zero-order chi connectivity index (χ0) is 19.6. The van der Waals surface area contributed by atoms with Gasteiger partial charge < -0.3 is 9.73 Å². The van der Waals surface area contributed by atoms with Gasteiger partial charge >= 0.3 is 0 Å². The summed E-state index contributed by atoms with van der Waals surface area (Å²) >= 11 is 0. The average molecular weight is 380 g/mol. The normalized spacial score (nSPS) is 11.0. The first-order valence-corrected chi connectivity index (χ1v) is 9.19. The number of rotatable bonds is 4. The molecule has 29 heavy (non-hydrogen) atoms. The quantitative estimate of drug-likeness (QED) is 0.492. The molecule has 0 fully saturated rings. The van der Waals surface area contributed by atoms with Gasteiger partial charge in [-0.2, -0.15) is 0 Å². The van der Waals surface area contributed by atoms with Gasteiger partial charge in [0.2, 0.25) is 5.91 Å². The molecule has 3 heterocycles. The number of carbonyl (C=O) groups is 1. The number of nitrogens with one attached hydrogen (secondary N) is 1. The minimum Gasteiger partial charge on any atom is -0.456 e. The van der Waals surface area contributed by atoms with E-state index in [4.69, 9.17) is 4.42 Å². The number of fused-ring (bicyclic) bond motifs is 3. The van der Waals surface area contributed by atoms with E-state index in [1.807, 2.05) is 48.5 Å². The molecule has 0 saturated heterocycles. The first kappa shape index (κ1) is 17.1. The van der Waals surface area contributed by atoms with Crippen molar-refractivity contribution < 1.29 is 9.21 Å². The van der Waals surface area contributed by atoms with Crippen LogP contribution in [0.5, 0.6) is 0 Å². The van der Waals surface area contributed by atoms with Crippen LogP contribution in [-0.4, -0.2) is 20.9 Å². The minimum absolute atomic E-state index is 0.139. The van der Waals surface area contributed by atoms with E-state index in [0.717, 1.165) is 38.8 Å². The summed E-state index contributed by atoms with van der Waals surface area (Å²) in [5.74, 6) is 0.354. The lowest BCUT2D eigenvalue weighted by molar-refractivity contribution is -0.115. The molecule has 0 aliphatic carbocycles. The lowest BCUT2D eigenvalue weighted by Crippen LogP contribution is -2.15. The van der Waals surface area contributed by atoms with Crippen molar-refractivity contribution in [1.82, 2.24) is 15.0 Å². The van der Waals surface area contributed by atoms with Gasteiger partial charge in [0.1, 0.15) is 17.0 Å². The molecule has 0 spiro atoms. The van der Waals surface area contributed by atoms with Gasteiger partial charge in [-0.25, -0.2) is 4.98 Å². The number of pyridine rings is 1. The fourth-order valence-electron chi connectivity index (χ4n) is 3.32. The Morgan fingerprint density at radius 1 is 0.897 bits per heavy atom. The van der Waals surface area contributed by atoms with Gasteiger partial charge in [0, 0.05) is 34.9 Å². The Hall–Kier alpha value is -4.06. The highest BCUT2D eigenvalue weighted by Crippen LogP contribution is 2.29. The Kier molecular flexibility index (Phi) is 4.22.